The third-order valence-corrected chi connectivity index (χ3v) is 6.90. The number of halogens is 3. The average molecular weight is 500 g/mol. The largest absolute Gasteiger partial charge is 0.497 e. The normalized spacial score (nSPS) is 20.5. The number of carbonyl (C=O) groups is 1. The molecule has 1 fully saturated rings. The highest BCUT2D eigenvalue weighted by molar-refractivity contribution is 5.99. The highest BCUT2D eigenvalue weighted by Crippen LogP contribution is 2.44. The number of anilines is 1. The lowest BCUT2D eigenvalue weighted by molar-refractivity contribution is -0.173. The van der Waals surface area contributed by atoms with Crippen molar-refractivity contribution in [3.05, 3.63) is 77.5 Å². The molecule has 0 unspecified atom stereocenters. The van der Waals surface area contributed by atoms with Crippen LogP contribution < -0.4 is 10.1 Å². The maximum absolute atomic E-state index is 14.0. The summed E-state index contributed by atoms with van der Waals surface area (Å²) in [5.74, 6) is 0.426. The molecule has 2 aliphatic rings. The predicted molar refractivity (Wildman–Crippen MR) is 129 cm³/mol. The molecule has 3 heterocycles. The van der Waals surface area contributed by atoms with Crippen molar-refractivity contribution in [2.45, 2.75) is 31.2 Å². The van der Waals surface area contributed by atoms with Gasteiger partial charge in [-0.3, -0.25) is 9.69 Å². The Morgan fingerprint density at radius 2 is 1.75 bits per heavy atom. The number of methoxy groups -OCH3 is 1. The number of aromatic nitrogens is 2. The Bertz CT molecular complexity index is 1190. The first-order chi connectivity index (χ1) is 17.3. The minimum absolute atomic E-state index is 0.112. The molecule has 0 saturated carbocycles. The standard InChI is InChI=1S/C26H28F3N5O2/c1-36-20-9-7-19(8-10-20)22-15-23(26(27,28)29)34-24(31-22)21(16-30-34)25(35)33-13-11-32(12-14-33)17-18-5-3-2-4-6-18/h2-10,16,22-23,31H,11-15,17H2,1H3/t22-,23-/m1/s1. The first-order valence-corrected chi connectivity index (χ1v) is 11.9. The van der Waals surface area contributed by atoms with Crippen LogP contribution in [0.1, 0.15) is 40.0 Å². The second-order valence-corrected chi connectivity index (χ2v) is 9.17. The van der Waals surface area contributed by atoms with Crippen LogP contribution in [-0.2, 0) is 6.54 Å². The van der Waals surface area contributed by atoms with Gasteiger partial charge in [-0.2, -0.15) is 18.3 Å². The minimum atomic E-state index is -4.50. The number of ether oxygens (including phenoxy) is 1. The van der Waals surface area contributed by atoms with Crippen molar-refractivity contribution in [3.63, 3.8) is 0 Å². The summed E-state index contributed by atoms with van der Waals surface area (Å²) >= 11 is 0. The van der Waals surface area contributed by atoms with Crippen LogP contribution in [0, 0.1) is 0 Å². The van der Waals surface area contributed by atoms with Gasteiger partial charge in [0.25, 0.3) is 5.91 Å². The van der Waals surface area contributed by atoms with E-state index in [-0.39, 0.29) is 23.7 Å². The molecule has 5 rings (SSSR count). The Hall–Kier alpha value is -3.53. The second-order valence-electron chi connectivity index (χ2n) is 9.17. The Morgan fingerprint density at radius 1 is 1.06 bits per heavy atom. The fourth-order valence-corrected chi connectivity index (χ4v) is 4.89. The van der Waals surface area contributed by atoms with Crippen LogP contribution in [-0.4, -0.2) is 65.0 Å². The van der Waals surface area contributed by atoms with E-state index in [4.69, 9.17) is 4.74 Å². The van der Waals surface area contributed by atoms with Crippen LogP contribution in [0.4, 0.5) is 19.0 Å². The number of benzene rings is 2. The van der Waals surface area contributed by atoms with E-state index in [9.17, 15) is 18.0 Å². The Kier molecular flexibility index (Phi) is 6.61. The molecule has 190 valence electrons. The molecule has 10 heteroatoms. The van der Waals surface area contributed by atoms with E-state index in [1.807, 2.05) is 18.2 Å². The molecule has 2 aromatic carbocycles. The van der Waals surface area contributed by atoms with Crippen molar-refractivity contribution in [2.75, 3.05) is 38.6 Å². The van der Waals surface area contributed by atoms with Gasteiger partial charge in [0, 0.05) is 39.1 Å². The Labute approximate surface area is 207 Å². The molecule has 2 aliphatic heterocycles. The summed E-state index contributed by atoms with van der Waals surface area (Å²) in [5, 5.41) is 7.17. The van der Waals surface area contributed by atoms with E-state index >= 15 is 0 Å². The number of nitrogens with one attached hydrogen (secondary N) is 1. The zero-order chi connectivity index (χ0) is 25.3. The first kappa shape index (κ1) is 24.2. The number of piperazine rings is 1. The number of carbonyl (C=O) groups excluding carboxylic acids is 1. The summed E-state index contributed by atoms with van der Waals surface area (Å²) in [6.07, 6.45) is -3.47. The van der Waals surface area contributed by atoms with Crippen LogP contribution in [0.3, 0.4) is 0 Å². The lowest BCUT2D eigenvalue weighted by Crippen LogP contribution is -2.48. The summed E-state index contributed by atoms with van der Waals surface area (Å²) in [6, 6.07) is 14.6. The van der Waals surface area contributed by atoms with Crippen molar-refractivity contribution in [1.82, 2.24) is 19.6 Å². The smallest absolute Gasteiger partial charge is 0.410 e. The number of alkyl halides is 3. The monoisotopic (exact) mass is 499 g/mol. The van der Waals surface area contributed by atoms with E-state index in [1.54, 1.807) is 29.2 Å². The van der Waals surface area contributed by atoms with E-state index in [2.05, 4.69) is 27.4 Å². The molecule has 36 heavy (non-hydrogen) atoms. The van der Waals surface area contributed by atoms with Gasteiger partial charge in [-0.15, -0.1) is 0 Å². The van der Waals surface area contributed by atoms with Gasteiger partial charge in [0.2, 0.25) is 0 Å². The molecule has 1 aromatic heterocycles. The van der Waals surface area contributed by atoms with Crippen molar-refractivity contribution in [3.8, 4) is 5.75 Å². The molecule has 1 N–H and O–H groups in total. The summed E-state index contributed by atoms with van der Waals surface area (Å²) in [7, 11) is 1.53. The molecule has 3 aromatic rings. The zero-order valence-electron chi connectivity index (χ0n) is 19.9. The maximum atomic E-state index is 14.0. The molecule has 2 atom stereocenters. The lowest BCUT2D eigenvalue weighted by atomic mass is 9.96. The van der Waals surface area contributed by atoms with Gasteiger partial charge in [0.05, 0.1) is 19.3 Å². The number of rotatable bonds is 5. The van der Waals surface area contributed by atoms with Crippen LogP contribution in [0.15, 0.2) is 60.8 Å². The summed E-state index contributed by atoms with van der Waals surface area (Å²) in [4.78, 5) is 17.4. The topological polar surface area (TPSA) is 62.6 Å². The van der Waals surface area contributed by atoms with Crippen LogP contribution in [0.5, 0.6) is 5.75 Å². The third-order valence-electron chi connectivity index (χ3n) is 6.90. The lowest BCUT2D eigenvalue weighted by Gasteiger charge is -2.36. The quantitative estimate of drug-likeness (QED) is 0.560. The molecule has 1 saturated heterocycles. The number of hydrogen-bond donors (Lipinski definition) is 1. The average Bonchev–Trinajstić information content (AvgIpc) is 3.32. The highest BCUT2D eigenvalue weighted by atomic mass is 19.4. The fraction of sp³-hybridized carbons (Fsp3) is 0.385. The molecule has 0 aliphatic carbocycles. The summed E-state index contributed by atoms with van der Waals surface area (Å²) < 4.78 is 48.1. The Balaban J connectivity index is 1.34. The molecule has 0 radical (unpaired) electrons. The van der Waals surface area contributed by atoms with Gasteiger partial charge < -0.3 is 15.0 Å². The molecular weight excluding hydrogens is 471 g/mol. The van der Waals surface area contributed by atoms with Gasteiger partial charge in [0.1, 0.15) is 17.1 Å². The van der Waals surface area contributed by atoms with Gasteiger partial charge in [-0.1, -0.05) is 42.5 Å². The van der Waals surface area contributed by atoms with Crippen LogP contribution in [0.2, 0.25) is 0 Å². The Morgan fingerprint density at radius 3 is 2.39 bits per heavy atom. The van der Waals surface area contributed by atoms with E-state index in [0.29, 0.717) is 37.5 Å². The summed E-state index contributed by atoms with van der Waals surface area (Å²) in [6.45, 7) is 3.18. The van der Waals surface area contributed by atoms with Gasteiger partial charge >= 0.3 is 6.18 Å². The maximum Gasteiger partial charge on any atom is 0.410 e. The van der Waals surface area contributed by atoms with Crippen molar-refractivity contribution < 1.29 is 22.7 Å². The molecule has 0 spiro atoms. The zero-order valence-corrected chi connectivity index (χ0v) is 19.9. The minimum Gasteiger partial charge on any atom is -0.497 e. The SMILES string of the molecule is COc1ccc([C@H]2C[C@H](C(F)(F)F)n3ncc(C(=O)N4CCN(Cc5ccccc5)CC4)c3N2)cc1. The fourth-order valence-electron chi connectivity index (χ4n) is 4.89. The predicted octanol–water partition coefficient (Wildman–Crippen LogP) is 4.51. The first-order valence-electron chi connectivity index (χ1n) is 11.9. The summed E-state index contributed by atoms with van der Waals surface area (Å²) in [5.41, 5.74) is 2.05. The second kappa shape index (κ2) is 9.85. The van der Waals surface area contributed by atoms with E-state index in [1.165, 1.54) is 18.9 Å². The number of amides is 1. The molecule has 7 nitrogen and oxygen atoms in total. The van der Waals surface area contributed by atoms with Gasteiger partial charge in [-0.25, -0.2) is 4.68 Å². The van der Waals surface area contributed by atoms with Crippen LogP contribution in [0.25, 0.3) is 0 Å². The molecule has 1 amide bonds. The van der Waals surface area contributed by atoms with E-state index in [0.717, 1.165) is 11.2 Å². The highest BCUT2D eigenvalue weighted by Gasteiger charge is 2.47. The van der Waals surface area contributed by atoms with Crippen molar-refractivity contribution in [1.29, 1.82) is 0 Å². The van der Waals surface area contributed by atoms with Crippen LogP contribution >= 0.6 is 0 Å². The number of fused-ring (bicyclic) bond motifs is 1. The number of nitrogens with zero attached hydrogens (tertiary/aromatic N) is 4. The van der Waals surface area contributed by atoms with E-state index < -0.39 is 18.3 Å². The number of hydrogen-bond acceptors (Lipinski definition) is 5. The van der Waals surface area contributed by atoms with Crippen molar-refractivity contribution in [2.24, 2.45) is 0 Å². The molecular formula is C26H28F3N5O2. The van der Waals surface area contributed by atoms with Crippen molar-refractivity contribution >= 4 is 11.7 Å². The third kappa shape index (κ3) is 4.90. The van der Waals surface area contributed by atoms with Gasteiger partial charge in [-0.05, 0) is 23.3 Å². The van der Waals surface area contributed by atoms with Gasteiger partial charge in [0.15, 0.2) is 6.04 Å². The molecule has 0 bridgehead atoms.